The maximum Gasteiger partial charge on any atom is 0.292 e. The molecule has 1 aromatic rings. The molecule has 1 aromatic carbocycles. The van der Waals surface area contributed by atoms with E-state index in [2.05, 4.69) is 5.32 Å². The molecule has 0 fully saturated rings. The van der Waals surface area contributed by atoms with E-state index in [0.717, 1.165) is 0 Å². The highest BCUT2D eigenvalue weighted by molar-refractivity contribution is 6.43. The van der Waals surface area contributed by atoms with Crippen molar-refractivity contribution in [2.24, 2.45) is 0 Å². The van der Waals surface area contributed by atoms with Crippen molar-refractivity contribution < 1.29 is 14.4 Å². The van der Waals surface area contributed by atoms with E-state index in [0.29, 0.717) is 5.69 Å². The Kier molecular flexibility index (Phi) is 3.74. The maximum atomic E-state index is 11.2. The molecule has 0 unspecified atom stereocenters. The summed E-state index contributed by atoms with van der Waals surface area (Å²) in [5.41, 5.74) is 0.541. The number of ketones is 2. The second kappa shape index (κ2) is 5.05. The molecule has 1 amide bonds. The summed E-state index contributed by atoms with van der Waals surface area (Å²) in [5, 5.41) is 2.41. The zero-order valence-electron chi connectivity index (χ0n) is 8.32. The van der Waals surface area contributed by atoms with Gasteiger partial charge >= 0.3 is 0 Å². The van der Waals surface area contributed by atoms with Crippen LogP contribution in [0.25, 0.3) is 0 Å². The van der Waals surface area contributed by atoms with Gasteiger partial charge in [0.05, 0.1) is 6.42 Å². The highest BCUT2D eigenvalue weighted by Gasteiger charge is 2.15. The molecule has 0 saturated carbocycles. The van der Waals surface area contributed by atoms with Crippen LogP contribution < -0.4 is 5.32 Å². The summed E-state index contributed by atoms with van der Waals surface area (Å²) >= 11 is 0. The van der Waals surface area contributed by atoms with Gasteiger partial charge in [0.15, 0.2) is 0 Å². The number of anilines is 1. The van der Waals surface area contributed by atoms with E-state index in [9.17, 15) is 14.4 Å². The number of benzene rings is 1. The fourth-order valence-electron chi connectivity index (χ4n) is 1.03. The van der Waals surface area contributed by atoms with Crippen molar-refractivity contribution in [1.29, 1.82) is 0 Å². The molecule has 4 heteroatoms. The molecular weight excluding hydrogens is 194 g/mol. The van der Waals surface area contributed by atoms with Crippen molar-refractivity contribution in [3.8, 4) is 0 Å². The summed E-state index contributed by atoms with van der Waals surface area (Å²) in [6, 6.07) is 8.61. The zero-order chi connectivity index (χ0) is 11.3. The Morgan fingerprint density at radius 3 is 2.27 bits per heavy atom. The van der Waals surface area contributed by atoms with Gasteiger partial charge in [0.1, 0.15) is 5.78 Å². The third-order valence-corrected chi connectivity index (χ3v) is 1.69. The van der Waals surface area contributed by atoms with Gasteiger partial charge < -0.3 is 5.32 Å². The van der Waals surface area contributed by atoms with Gasteiger partial charge in [-0.1, -0.05) is 18.2 Å². The molecular formula is C11H11NO3. The van der Waals surface area contributed by atoms with Crippen LogP contribution in [0.1, 0.15) is 13.3 Å². The van der Waals surface area contributed by atoms with E-state index >= 15 is 0 Å². The number of Topliss-reactive ketones (excluding diaryl/α,β-unsaturated/α-hetero) is 2. The number of hydrogen-bond donors (Lipinski definition) is 1. The molecule has 1 rings (SSSR count). The van der Waals surface area contributed by atoms with Gasteiger partial charge in [0, 0.05) is 5.69 Å². The largest absolute Gasteiger partial charge is 0.319 e. The lowest BCUT2D eigenvalue weighted by molar-refractivity contribution is -0.137. The molecule has 0 spiro atoms. The number of carbonyl (C=O) groups is 3. The van der Waals surface area contributed by atoms with Crippen LogP contribution in [-0.4, -0.2) is 17.5 Å². The van der Waals surface area contributed by atoms with Gasteiger partial charge in [0.2, 0.25) is 5.78 Å². The fourth-order valence-corrected chi connectivity index (χ4v) is 1.03. The molecule has 0 aromatic heterocycles. The molecule has 0 atom stereocenters. The highest BCUT2D eigenvalue weighted by atomic mass is 16.2. The zero-order valence-corrected chi connectivity index (χ0v) is 8.32. The number of rotatable bonds is 4. The topological polar surface area (TPSA) is 63.2 Å². The van der Waals surface area contributed by atoms with Crippen molar-refractivity contribution in [2.75, 3.05) is 5.32 Å². The first-order chi connectivity index (χ1) is 7.09. The van der Waals surface area contributed by atoms with Crippen LogP contribution in [-0.2, 0) is 14.4 Å². The molecule has 0 bridgehead atoms. The second-order valence-corrected chi connectivity index (χ2v) is 3.12. The molecule has 4 nitrogen and oxygen atoms in total. The average molecular weight is 205 g/mol. The van der Waals surface area contributed by atoms with E-state index in [1.54, 1.807) is 30.3 Å². The second-order valence-electron chi connectivity index (χ2n) is 3.12. The Morgan fingerprint density at radius 2 is 1.73 bits per heavy atom. The molecule has 0 saturated heterocycles. The Hall–Kier alpha value is -1.97. The van der Waals surface area contributed by atoms with Gasteiger partial charge in [0.25, 0.3) is 5.91 Å². The van der Waals surface area contributed by atoms with Gasteiger partial charge in [-0.3, -0.25) is 14.4 Å². The van der Waals surface area contributed by atoms with Gasteiger partial charge in [-0.25, -0.2) is 0 Å². The molecule has 0 heterocycles. The Bertz CT molecular complexity index is 384. The van der Waals surface area contributed by atoms with Crippen molar-refractivity contribution in [3.63, 3.8) is 0 Å². The van der Waals surface area contributed by atoms with Crippen molar-refractivity contribution >= 4 is 23.2 Å². The van der Waals surface area contributed by atoms with E-state index in [4.69, 9.17) is 0 Å². The minimum Gasteiger partial charge on any atom is -0.319 e. The van der Waals surface area contributed by atoms with Crippen molar-refractivity contribution in [3.05, 3.63) is 30.3 Å². The number of carbonyl (C=O) groups excluding carboxylic acids is 3. The van der Waals surface area contributed by atoms with E-state index in [-0.39, 0.29) is 12.2 Å². The first-order valence-electron chi connectivity index (χ1n) is 4.48. The predicted octanol–water partition coefficient (Wildman–Crippen LogP) is 1.17. The van der Waals surface area contributed by atoms with Crippen LogP contribution in [0.15, 0.2) is 30.3 Å². The van der Waals surface area contributed by atoms with Gasteiger partial charge in [-0.15, -0.1) is 0 Å². The van der Waals surface area contributed by atoms with Gasteiger partial charge in [-0.05, 0) is 19.1 Å². The Balaban J connectivity index is 2.56. The summed E-state index contributed by atoms with van der Waals surface area (Å²) in [6.07, 6.45) is -0.349. The molecule has 0 aliphatic carbocycles. The maximum absolute atomic E-state index is 11.2. The Labute approximate surface area is 87.3 Å². The Morgan fingerprint density at radius 1 is 1.13 bits per heavy atom. The normalized spacial score (nSPS) is 9.40. The first kappa shape index (κ1) is 11.1. The number of para-hydroxylation sites is 1. The lowest BCUT2D eigenvalue weighted by atomic mass is 10.2. The molecule has 78 valence electrons. The average Bonchev–Trinajstić information content (AvgIpc) is 2.18. The lowest BCUT2D eigenvalue weighted by Gasteiger charge is -2.02. The van der Waals surface area contributed by atoms with Crippen LogP contribution in [0.3, 0.4) is 0 Å². The number of hydrogen-bond acceptors (Lipinski definition) is 3. The predicted molar refractivity (Wildman–Crippen MR) is 55.4 cm³/mol. The SMILES string of the molecule is CC(=O)CC(=O)C(=O)Nc1ccccc1. The summed E-state index contributed by atoms with van der Waals surface area (Å²) in [6.45, 7) is 1.27. The first-order valence-corrected chi connectivity index (χ1v) is 4.48. The van der Waals surface area contributed by atoms with Crippen LogP contribution in [0.2, 0.25) is 0 Å². The van der Waals surface area contributed by atoms with Crippen LogP contribution in [0.4, 0.5) is 5.69 Å². The number of nitrogens with one attached hydrogen (secondary N) is 1. The van der Waals surface area contributed by atoms with Crippen molar-refractivity contribution in [2.45, 2.75) is 13.3 Å². The lowest BCUT2D eigenvalue weighted by Crippen LogP contribution is -2.24. The molecule has 0 aliphatic heterocycles. The summed E-state index contributed by atoms with van der Waals surface area (Å²) < 4.78 is 0. The molecule has 0 aliphatic rings. The van der Waals surface area contributed by atoms with Crippen LogP contribution >= 0.6 is 0 Å². The van der Waals surface area contributed by atoms with Gasteiger partial charge in [-0.2, -0.15) is 0 Å². The third kappa shape index (κ3) is 3.72. The van der Waals surface area contributed by atoms with Crippen LogP contribution in [0, 0.1) is 0 Å². The fraction of sp³-hybridized carbons (Fsp3) is 0.182. The smallest absolute Gasteiger partial charge is 0.292 e. The quantitative estimate of drug-likeness (QED) is 0.592. The third-order valence-electron chi connectivity index (χ3n) is 1.69. The minimum absolute atomic E-state index is 0.316. The monoisotopic (exact) mass is 205 g/mol. The standard InChI is InChI=1S/C11H11NO3/c1-8(13)7-10(14)11(15)12-9-5-3-2-4-6-9/h2-6H,7H2,1H3,(H,12,15). The summed E-state index contributed by atoms with van der Waals surface area (Å²) in [4.78, 5) is 33.0. The van der Waals surface area contributed by atoms with E-state index in [1.165, 1.54) is 6.92 Å². The van der Waals surface area contributed by atoms with Crippen molar-refractivity contribution in [1.82, 2.24) is 0 Å². The summed E-state index contributed by atoms with van der Waals surface area (Å²) in [7, 11) is 0. The number of amides is 1. The van der Waals surface area contributed by atoms with E-state index in [1.807, 2.05) is 0 Å². The molecule has 1 N–H and O–H groups in total. The van der Waals surface area contributed by atoms with Crippen LogP contribution in [0.5, 0.6) is 0 Å². The minimum atomic E-state index is -0.753. The molecule has 0 radical (unpaired) electrons. The highest BCUT2D eigenvalue weighted by Crippen LogP contribution is 2.04. The summed E-state index contributed by atoms with van der Waals surface area (Å²) in [5.74, 6) is -1.79. The van der Waals surface area contributed by atoms with E-state index < -0.39 is 11.7 Å². The molecule has 15 heavy (non-hydrogen) atoms.